The highest BCUT2D eigenvalue weighted by molar-refractivity contribution is 6.04. The van der Waals surface area contributed by atoms with Gasteiger partial charge in [-0.25, -0.2) is 0 Å². The summed E-state index contributed by atoms with van der Waals surface area (Å²) < 4.78 is 23.0. The molecule has 8 atom stereocenters. The van der Waals surface area contributed by atoms with Crippen LogP contribution in [0, 0.1) is 34.0 Å². The van der Waals surface area contributed by atoms with Gasteiger partial charge in [-0.1, -0.05) is 27.4 Å². The van der Waals surface area contributed by atoms with Crippen LogP contribution in [-0.2, 0) is 23.7 Å². The van der Waals surface area contributed by atoms with Crippen molar-refractivity contribution in [3.63, 3.8) is 0 Å². The first-order valence-electron chi connectivity index (χ1n) is 11.3. The van der Waals surface area contributed by atoms with Crippen molar-refractivity contribution in [1.29, 1.82) is 0 Å². The second-order valence-electron chi connectivity index (χ2n) is 10.8. The zero-order valence-electron chi connectivity index (χ0n) is 19.1. The molecule has 4 saturated carbocycles. The number of aliphatic hydroxyl groups excluding tert-OH is 1. The molecule has 2 bridgehead atoms. The third-order valence-electron chi connectivity index (χ3n) is 9.29. The largest absolute Gasteiger partial charge is 0.391 e. The molecule has 0 heterocycles. The summed E-state index contributed by atoms with van der Waals surface area (Å²) in [6, 6.07) is 0. The van der Waals surface area contributed by atoms with Crippen LogP contribution in [0.3, 0.4) is 0 Å². The third-order valence-corrected chi connectivity index (χ3v) is 9.29. The van der Waals surface area contributed by atoms with E-state index in [-0.39, 0.29) is 54.2 Å². The molecule has 0 aliphatic heterocycles. The number of Topliss-reactive ketones (excluding diaryl/α,β-unsaturated/α-hetero) is 1. The lowest BCUT2D eigenvalue weighted by Crippen LogP contribution is -2.70. The number of methoxy groups -OCH3 is 2. The lowest BCUT2D eigenvalue weighted by Gasteiger charge is -2.67. The lowest BCUT2D eigenvalue weighted by atomic mass is 9.39. The Balaban J connectivity index is 1.86. The van der Waals surface area contributed by atoms with E-state index in [1.165, 1.54) is 0 Å². The first-order chi connectivity index (χ1) is 14.2. The molecule has 1 N–H and O–H groups in total. The average Bonchev–Trinajstić information content (AvgIpc) is 2.81. The molecular formula is C24H38O6. The van der Waals surface area contributed by atoms with Gasteiger partial charge < -0.3 is 24.1 Å². The van der Waals surface area contributed by atoms with Gasteiger partial charge in [0.15, 0.2) is 5.78 Å². The minimum absolute atomic E-state index is 0.00264. The summed E-state index contributed by atoms with van der Waals surface area (Å²) in [5.74, 6) is 0.0863. The standard InChI is InChI=1S/C24H38O6/c1-14-15-7-8-16-23(4)17(22(2,3)10-9-18(23)29-12-27-5)11-19(30-13-28-6)24(16,20(14)25)21(15)26/h15-19,21,26H,1,7-13H2,2-6H3/t15-,16-,17+,18-,19+,21+,23-,24+/m0/s1. The van der Waals surface area contributed by atoms with E-state index in [2.05, 4.69) is 27.4 Å². The maximum atomic E-state index is 13.8. The van der Waals surface area contributed by atoms with Crippen LogP contribution in [-0.4, -0.2) is 57.0 Å². The molecule has 30 heavy (non-hydrogen) atoms. The predicted octanol–water partition coefficient (Wildman–Crippen LogP) is 3.32. The molecule has 0 unspecified atom stereocenters. The van der Waals surface area contributed by atoms with E-state index in [9.17, 15) is 9.90 Å². The zero-order valence-corrected chi connectivity index (χ0v) is 19.1. The number of rotatable bonds is 6. The Morgan fingerprint density at radius 1 is 1.00 bits per heavy atom. The summed E-state index contributed by atoms with van der Waals surface area (Å²) in [7, 11) is 3.24. The van der Waals surface area contributed by atoms with Crippen molar-refractivity contribution >= 4 is 5.78 Å². The van der Waals surface area contributed by atoms with Gasteiger partial charge in [0.2, 0.25) is 0 Å². The van der Waals surface area contributed by atoms with Crippen LogP contribution in [0.5, 0.6) is 0 Å². The maximum Gasteiger partial charge on any atom is 0.170 e. The molecule has 0 aromatic carbocycles. The van der Waals surface area contributed by atoms with Crippen molar-refractivity contribution in [2.75, 3.05) is 27.8 Å². The molecule has 4 fully saturated rings. The zero-order chi connectivity index (χ0) is 21.9. The average molecular weight is 423 g/mol. The van der Waals surface area contributed by atoms with Gasteiger partial charge in [0, 0.05) is 25.6 Å². The normalized spacial score (nSPS) is 47.1. The van der Waals surface area contributed by atoms with Crippen molar-refractivity contribution in [1.82, 2.24) is 0 Å². The monoisotopic (exact) mass is 422 g/mol. The molecule has 4 aliphatic carbocycles. The fraction of sp³-hybridized carbons (Fsp3) is 0.875. The molecule has 1 spiro atoms. The van der Waals surface area contributed by atoms with E-state index in [0.717, 1.165) is 25.7 Å². The third kappa shape index (κ3) is 2.77. The molecule has 4 aliphatic rings. The van der Waals surface area contributed by atoms with Gasteiger partial charge in [-0.2, -0.15) is 0 Å². The Kier molecular flexibility index (Phi) is 5.72. The molecule has 0 radical (unpaired) electrons. The topological polar surface area (TPSA) is 74.2 Å². The highest BCUT2D eigenvalue weighted by Crippen LogP contribution is 2.71. The van der Waals surface area contributed by atoms with Crippen molar-refractivity contribution < 1.29 is 28.8 Å². The number of hydrogen-bond acceptors (Lipinski definition) is 6. The lowest BCUT2D eigenvalue weighted by molar-refractivity contribution is -0.281. The van der Waals surface area contributed by atoms with E-state index in [1.54, 1.807) is 14.2 Å². The smallest absolute Gasteiger partial charge is 0.170 e. The van der Waals surface area contributed by atoms with Crippen LogP contribution < -0.4 is 0 Å². The Morgan fingerprint density at radius 2 is 1.63 bits per heavy atom. The van der Waals surface area contributed by atoms with E-state index in [0.29, 0.717) is 17.9 Å². The van der Waals surface area contributed by atoms with Gasteiger partial charge in [0.1, 0.15) is 13.6 Å². The summed E-state index contributed by atoms with van der Waals surface area (Å²) in [5.41, 5.74) is -0.577. The minimum atomic E-state index is -0.966. The van der Waals surface area contributed by atoms with Crippen molar-refractivity contribution in [2.24, 2.45) is 34.0 Å². The second kappa shape index (κ2) is 7.66. The highest BCUT2D eigenvalue weighted by Gasteiger charge is 2.75. The molecule has 0 amide bonds. The van der Waals surface area contributed by atoms with Crippen LogP contribution in [0.15, 0.2) is 12.2 Å². The number of ether oxygens (including phenoxy) is 4. The van der Waals surface area contributed by atoms with Gasteiger partial charge >= 0.3 is 0 Å². The quantitative estimate of drug-likeness (QED) is 0.523. The van der Waals surface area contributed by atoms with Crippen LogP contribution in [0.25, 0.3) is 0 Å². The SMILES string of the molecule is C=C1C(=O)[C@@]23[C@H](O)[C@H]1CC[C@H]2[C@]1(C)[C@@H](OCOC)CCC(C)(C)[C@H]1C[C@H]3OCOC. The Labute approximate surface area is 180 Å². The summed E-state index contributed by atoms with van der Waals surface area (Å²) in [6.07, 6.45) is 3.17. The Bertz CT molecular complexity index is 704. The fourth-order valence-electron chi connectivity index (χ4n) is 8.05. The number of hydrogen-bond donors (Lipinski definition) is 1. The van der Waals surface area contributed by atoms with Crippen LogP contribution in [0.2, 0.25) is 0 Å². The number of fused-ring (bicyclic) bond motifs is 3. The van der Waals surface area contributed by atoms with Crippen molar-refractivity contribution in [3.8, 4) is 0 Å². The van der Waals surface area contributed by atoms with Crippen LogP contribution >= 0.6 is 0 Å². The summed E-state index contributed by atoms with van der Waals surface area (Å²) in [5, 5.41) is 11.5. The second-order valence-corrected chi connectivity index (χ2v) is 10.8. The highest BCUT2D eigenvalue weighted by atomic mass is 16.7. The molecular weight excluding hydrogens is 384 g/mol. The van der Waals surface area contributed by atoms with Crippen molar-refractivity contribution in [2.45, 2.75) is 71.2 Å². The number of carbonyl (C=O) groups excluding carboxylic acids is 1. The first kappa shape index (κ1) is 22.4. The van der Waals surface area contributed by atoms with Gasteiger partial charge in [-0.05, 0) is 54.9 Å². The maximum absolute atomic E-state index is 13.8. The fourth-order valence-corrected chi connectivity index (χ4v) is 8.05. The summed E-state index contributed by atoms with van der Waals surface area (Å²) in [4.78, 5) is 13.8. The Morgan fingerprint density at radius 3 is 2.27 bits per heavy atom. The van der Waals surface area contributed by atoms with Crippen molar-refractivity contribution in [3.05, 3.63) is 12.2 Å². The number of ketones is 1. The number of carbonyl (C=O) groups is 1. The van der Waals surface area contributed by atoms with Crippen LogP contribution in [0.4, 0.5) is 0 Å². The molecule has 6 heteroatoms. The molecule has 4 rings (SSSR count). The van der Waals surface area contributed by atoms with E-state index < -0.39 is 11.5 Å². The molecule has 0 saturated heterocycles. The molecule has 6 nitrogen and oxygen atoms in total. The van der Waals surface area contributed by atoms with E-state index in [4.69, 9.17) is 18.9 Å². The Hall–Kier alpha value is -0.790. The predicted molar refractivity (Wildman–Crippen MR) is 112 cm³/mol. The van der Waals surface area contributed by atoms with Gasteiger partial charge in [0.25, 0.3) is 0 Å². The molecule has 0 aromatic heterocycles. The van der Waals surface area contributed by atoms with Gasteiger partial charge in [-0.15, -0.1) is 0 Å². The minimum Gasteiger partial charge on any atom is -0.391 e. The van der Waals surface area contributed by atoms with Gasteiger partial charge in [-0.3, -0.25) is 4.79 Å². The summed E-state index contributed by atoms with van der Waals surface area (Å²) >= 11 is 0. The number of aliphatic hydroxyl groups is 1. The van der Waals surface area contributed by atoms with E-state index in [1.807, 2.05) is 0 Å². The van der Waals surface area contributed by atoms with Gasteiger partial charge in [0.05, 0.1) is 23.7 Å². The molecule has 170 valence electrons. The van der Waals surface area contributed by atoms with Crippen LogP contribution in [0.1, 0.15) is 52.9 Å². The molecule has 0 aromatic rings. The van der Waals surface area contributed by atoms with E-state index >= 15 is 0 Å². The first-order valence-corrected chi connectivity index (χ1v) is 11.3. The summed E-state index contributed by atoms with van der Waals surface area (Å²) in [6.45, 7) is 11.4.